The van der Waals surface area contributed by atoms with Gasteiger partial charge in [0.15, 0.2) is 0 Å². The number of rotatable bonds is 5. The summed E-state index contributed by atoms with van der Waals surface area (Å²) in [6.07, 6.45) is -2.49. The Morgan fingerprint density at radius 1 is 1.05 bits per heavy atom. The third kappa shape index (κ3) is 6.65. The molecule has 9 nitrogen and oxygen atoms in total. The Morgan fingerprint density at radius 2 is 1.85 bits per heavy atom. The second-order valence-electron chi connectivity index (χ2n) is 11.7. The van der Waals surface area contributed by atoms with Gasteiger partial charge in [-0.15, -0.1) is 23.4 Å². The summed E-state index contributed by atoms with van der Waals surface area (Å²) in [6, 6.07) is -1.20. The maximum absolute atomic E-state index is 13.5. The topological polar surface area (TPSA) is 107 Å². The summed E-state index contributed by atoms with van der Waals surface area (Å²) in [6.45, 7) is 4.48. The van der Waals surface area contributed by atoms with E-state index in [4.69, 9.17) is 16.3 Å². The van der Waals surface area contributed by atoms with Gasteiger partial charge in [-0.1, -0.05) is 0 Å². The molecule has 0 spiro atoms. The third-order valence-corrected chi connectivity index (χ3v) is 10.9. The summed E-state index contributed by atoms with van der Waals surface area (Å²) in [4.78, 5) is 28.3. The number of fused-ring (bicyclic) bond motifs is 1. The highest BCUT2D eigenvalue weighted by Crippen LogP contribution is 2.39. The van der Waals surface area contributed by atoms with Crippen LogP contribution in [0.4, 0.5) is 13.2 Å². The zero-order chi connectivity index (χ0) is 27.9. The zero-order valence-electron chi connectivity index (χ0n) is 22.3. The average molecular weight is 597 g/mol. The van der Waals surface area contributed by atoms with Crippen molar-refractivity contribution >= 4 is 35.2 Å². The molecule has 5 N–H and O–H groups in total. The molecule has 0 radical (unpaired) electrons. The van der Waals surface area contributed by atoms with Crippen molar-refractivity contribution in [1.29, 1.82) is 0 Å². The molecule has 0 bridgehead atoms. The summed E-state index contributed by atoms with van der Waals surface area (Å²) in [5.74, 6) is -0.384. The number of carbonyl (C=O) groups is 2. The SMILES string of the molecule is COC1CNC(Cl)CC1C1CC(C)NCC1C(=O)NC1NC2CN(C(=O)C3CCC(C(F)(F)F)NC3)CC2S1. The smallest absolute Gasteiger partial charge is 0.380 e. The summed E-state index contributed by atoms with van der Waals surface area (Å²) in [7, 11) is 1.71. The highest BCUT2D eigenvalue weighted by Gasteiger charge is 2.48. The lowest BCUT2D eigenvalue weighted by atomic mass is 9.70. The van der Waals surface area contributed by atoms with E-state index >= 15 is 0 Å². The first-order valence-corrected chi connectivity index (χ1v) is 15.4. The molecule has 0 saturated carbocycles. The molecule has 14 heteroatoms. The van der Waals surface area contributed by atoms with Gasteiger partial charge >= 0.3 is 6.18 Å². The van der Waals surface area contributed by atoms with Gasteiger partial charge in [0, 0.05) is 57.2 Å². The molecule has 5 fully saturated rings. The first-order chi connectivity index (χ1) is 18.5. The maximum Gasteiger partial charge on any atom is 0.403 e. The number of nitrogens with one attached hydrogen (secondary N) is 5. The van der Waals surface area contributed by atoms with Crippen molar-refractivity contribution in [3.05, 3.63) is 0 Å². The van der Waals surface area contributed by atoms with E-state index < -0.39 is 18.1 Å². The summed E-state index contributed by atoms with van der Waals surface area (Å²) >= 11 is 8.05. The van der Waals surface area contributed by atoms with Crippen LogP contribution in [0.3, 0.4) is 0 Å². The first-order valence-electron chi connectivity index (χ1n) is 14.0. The molecule has 2 amide bonds. The van der Waals surface area contributed by atoms with Crippen LogP contribution < -0.4 is 26.6 Å². The van der Waals surface area contributed by atoms with Crippen LogP contribution in [0.1, 0.15) is 32.6 Å². The minimum atomic E-state index is -4.28. The zero-order valence-corrected chi connectivity index (χ0v) is 23.9. The van der Waals surface area contributed by atoms with Crippen LogP contribution in [0.5, 0.6) is 0 Å². The van der Waals surface area contributed by atoms with Crippen LogP contribution >= 0.6 is 23.4 Å². The summed E-state index contributed by atoms with van der Waals surface area (Å²) in [5.41, 5.74) is -0.386. The number of thioether (sulfide) groups is 1. The largest absolute Gasteiger partial charge is 0.403 e. The number of methoxy groups -OCH3 is 1. The molecule has 5 aliphatic heterocycles. The van der Waals surface area contributed by atoms with E-state index in [1.807, 2.05) is 0 Å². The lowest BCUT2D eigenvalue weighted by Crippen LogP contribution is -2.57. The number of ether oxygens (including phenoxy) is 1. The van der Waals surface area contributed by atoms with Gasteiger partial charge in [-0.3, -0.25) is 20.2 Å². The van der Waals surface area contributed by atoms with Crippen molar-refractivity contribution < 1.29 is 27.5 Å². The van der Waals surface area contributed by atoms with E-state index in [0.29, 0.717) is 32.2 Å². The summed E-state index contributed by atoms with van der Waals surface area (Å²) in [5, 5.41) is 16.0. The van der Waals surface area contributed by atoms with Crippen LogP contribution in [-0.4, -0.2) is 103 Å². The molecule has 0 aliphatic carbocycles. The molecule has 5 saturated heterocycles. The van der Waals surface area contributed by atoms with Crippen molar-refractivity contribution in [3.63, 3.8) is 0 Å². The van der Waals surface area contributed by atoms with Crippen molar-refractivity contribution in [1.82, 2.24) is 31.5 Å². The highest BCUT2D eigenvalue weighted by molar-refractivity contribution is 8.00. The first kappa shape index (κ1) is 29.7. The standard InChI is InChI=1S/C25H40ClF3N6O3S/c1-12-5-14(15-6-21(26)32-9-18(15)38-2)16(8-30-12)22(36)34-24-33-17-10-35(11-19(17)39-24)23(37)13-3-4-20(31-7-13)25(27,28)29/h12-21,24,30-33H,3-11H2,1-2H3,(H,34,36). The molecule has 5 rings (SSSR count). The fourth-order valence-electron chi connectivity index (χ4n) is 7.05. The molecule has 0 aromatic carbocycles. The molecule has 0 aromatic rings. The molecule has 0 aromatic heterocycles. The Bertz CT molecular complexity index is 884. The van der Waals surface area contributed by atoms with Crippen LogP contribution in [-0.2, 0) is 14.3 Å². The molecular weight excluding hydrogens is 557 g/mol. The van der Waals surface area contributed by atoms with E-state index in [1.54, 1.807) is 23.8 Å². The van der Waals surface area contributed by atoms with Gasteiger partial charge in [-0.2, -0.15) is 13.2 Å². The van der Waals surface area contributed by atoms with Crippen molar-refractivity contribution in [2.45, 2.75) is 79.3 Å². The van der Waals surface area contributed by atoms with E-state index in [9.17, 15) is 22.8 Å². The van der Waals surface area contributed by atoms with Gasteiger partial charge in [-0.25, -0.2) is 0 Å². The number of carbonyl (C=O) groups excluding carboxylic acids is 2. The van der Waals surface area contributed by atoms with Gasteiger partial charge in [0.05, 0.1) is 23.4 Å². The minimum Gasteiger partial charge on any atom is -0.380 e. The van der Waals surface area contributed by atoms with Crippen molar-refractivity contribution in [2.75, 3.05) is 39.8 Å². The number of hydrogen-bond donors (Lipinski definition) is 5. The Labute approximate surface area is 236 Å². The number of amides is 2. The van der Waals surface area contributed by atoms with Gasteiger partial charge in [0.2, 0.25) is 11.8 Å². The molecule has 39 heavy (non-hydrogen) atoms. The lowest BCUT2D eigenvalue weighted by molar-refractivity contribution is -0.164. The third-order valence-electron chi connectivity index (χ3n) is 9.20. The molecule has 11 unspecified atom stereocenters. The predicted octanol–water partition coefficient (Wildman–Crippen LogP) is 1.04. The Balaban J connectivity index is 1.13. The normalized spacial score (nSPS) is 43.2. The molecule has 11 atom stereocenters. The fourth-order valence-corrected chi connectivity index (χ4v) is 8.75. The number of nitrogens with zero attached hydrogens (tertiary/aromatic N) is 1. The van der Waals surface area contributed by atoms with E-state index in [1.165, 1.54) is 0 Å². The molecule has 5 heterocycles. The Morgan fingerprint density at radius 3 is 2.51 bits per heavy atom. The van der Waals surface area contributed by atoms with Gasteiger partial charge in [-0.05, 0) is 44.4 Å². The molecular formula is C25H40ClF3N6O3S. The van der Waals surface area contributed by atoms with Gasteiger partial charge in [0.1, 0.15) is 11.5 Å². The molecule has 5 aliphatic rings. The highest BCUT2D eigenvalue weighted by atomic mass is 35.5. The Hall–Kier alpha value is -0.830. The fraction of sp³-hybridized carbons (Fsp3) is 0.920. The monoisotopic (exact) mass is 596 g/mol. The minimum absolute atomic E-state index is 0.00399. The van der Waals surface area contributed by atoms with Crippen molar-refractivity contribution in [3.8, 4) is 0 Å². The number of likely N-dealkylation sites (tertiary alicyclic amines) is 1. The second-order valence-corrected chi connectivity index (χ2v) is 13.6. The van der Waals surface area contributed by atoms with Crippen molar-refractivity contribution in [2.24, 2.45) is 23.7 Å². The van der Waals surface area contributed by atoms with E-state index in [2.05, 4.69) is 33.5 Å². The Kier molecular flexibility index (Phi) is 9.27. The number of halogens is 4. The average Bonchev–Trinajstić information content (AvgIpc) is 3.46. The maximum atomic E-state index is 13.5. The number of hydrogen-bond acceptors (Lipinski definition) is 8. The second kappa shape index (κ2) is 12.2. The predicted molar refractivity (Wildman–Crippen MR) is 143 cm³/mol. The van der Waals surface area contributed by atoms with E-state index in [0.717, 1.165) is 12.8 Å². The van der Waals surface area contributed by atoms with Gasteiger partial charge in [0.25, 0.3) is 0 Å². The van der Waals surface area contributed by atoms with E-state index in [-0.39, 0.29) is 77.3 Å². The summed E-state index contributed by atoms with van der Waals surface area (Å²) < 4.78 is 44.6. The number of piperidine rings is 3. The molecule has 222 valence electrons. The van der Waals surface area contributed by atoms with Gasteiger partial charge < -0.3 is 25.6 Å². The van der Waals surface area contributed by atoms with Crippen LogP contribution in [0.2, 0.25) is 0 Å². The van der Waals surface area contributed by atoms with Crippen LogP contribution in [0.25, 0.3) is 0 Å². The number of alkyl halides is 4. The quantitative estimate of drug-likeness (QED) is 0.237. The van der Waals surface area contributed by atoms with Crippen LogP contribution in [0, 0.1) is 23.7 Å². The lowest BCUT2D eigenvalue weighted by Gasteiger charge is -2.45. The van der Waals surface area contributed by atoms with Crippen LogP contribution in [0.15, 0.2) is 0 Å².